The van der Waals surface area contributed by atoms with Crippen molar-refractivity contribution in [2.45, 2.75) is 18.9 Å². The van der Waals surface area contributed by atoms with Crippen LogP contribution in [0.1, 0.15) is 24.4 Å². The number of nitrogens with zero attached hydrogens (tertiary/aromatic N) is 1. The molecule has 0 bridgehead atoms. The predicted octanol–water partition coefficient (Wildman–Crippen LogP) is 3.46. The number of halogens is 2. The van der Waals surface area contributed by atoms with Crippen molar-refractivity contribution < 1.29 is 4.74 Å². The first-order valence-electron chi connectivity index (χ1n) is 7.03. The summed E-state index contributed by atoms with van der Waals surface area (Å²) >= 11 is 9.56. The maximum absolute atomic E-state index is 6.07. The zero-order valence-electron chi connectivity index (χ0n) is 11.8. The Morgan fingerprint density at radius 1 is 1.55 bits per heavy atom. The second kappa shape index (κ2) is 7.76. The van der Waals surface area contributed by atoms with Crippen molar-refractivity contribution in [1.82, 2.24) is 4.90 Å². The number of hydrogen-bond donors (Lipinski definition) is 1. The van der Waals surface area contributed by atoms with Crippen LogP contribution in [0.25, 0.3) is 0 Å². The third kappa shape index (κ3) is 3.95. The zero-order chi connectivity index (χ0) is 14.5. The van der Waals surface area contributed by atoms with Gasteiger partial charge >= 0.3 is 0 Å². The lowest BCUT2D eigenvalue weighted by Gasteiger charge is -2.38. The van der Waals surface area contributed by atoms with Crippen LogP contribution in [0, 0.1) is 5.92 Å². The van der Waals surface area contributed by atoms with E-state index >= 15 is 0 Å². The van der Waals surface area contributed by atoms with Crippen LogP contribution in [0.4, 0.5) is 0 Å². The minimum atomic E-state index is 0.253. The highest BCUT2D eigenvalue weighted by molar-refractivity contribution is 9.10. The number of benzene rings is 1. The Kier molecular flexibility index (Phi) is 6.30. The van der Waals surface area contributed by atoms with Gasteiger partial charge in [0.1, 0.15) is 0 Å². The molecule has 1 aromatic carbocycles. The van der Waals surface area contributed by atoms with E-state index in [4.69, 9.17) is 22.1 Å². The maximum Gasteiger partial charge on any atom is 0.0548 e. The maximum atomic E-state index is 6.07. The average molecular weight is 362 g/mol. The van der Waals surface area contributed by atoms with Gasteiger partial charge < -0.3 is 10.5 Å². The van der Waals surface area contributed by atoms with Gasteiger partial charge in [0.05, 0.1) is 11.6 Å². The van der Waals surface area contributed by atoms with Crippen molar-refractivity contribution in [2.24, 2.45) is 11.7 Å². The first kappa shape index (κ1) is 16.2. The van der Waals surface area contributed by atoms with Gasteiger partial charge in [-0.2, -0.15) is 0 Å². The van der Waals surface area contributed by atoms with Crippen LogP contribution in [0.5, 0.6) is 0 Å². The van der Waals surface area contributed by atoms with Crippen molar-refractivity contribution in [3.63, 3.8) is 0 Å². The third-order valence-electron chi connectivity index (χ3n) is 3.95. The summed E-state index contributed by atoms with van der Waals surface area (Å²) in [4.78, 5) is 2.48. The smallest absolute Gasteiger partial charge is 0.0548 e. The van der Waals surface area contributed by atoms with Gasteiger partial charge in [0.2, 0.25) is 0 Å². The van der Waals surface area contributed by atoms with Crippen LogP contribution < -0.4 is 5.73 Å². The fourth-order valence-corrected chi connectivity index (χ4v) is 3.48. The van der Waals surface area contributed by atoms with E-state index in [0.717, 1.165) is 29.2 Å². The van der Waals surface area contributed by atoms with Gasteiger partial charge in [-0.3, -0.25) is 4.90 Å². The van der Waals surface area contributed by atoms with Crippen molar-refractivity contribution >= 4 is 27.5 Å². The average Bonchev–Trinajstić information content (AvgIpc) is 2.44. The van der Waals surface area contributed by atoms with Crippen LogP contribution in [0.2, 0.25) is 5.02 Å². The molecular formula is C15H22BrClN2O. The number of nitrogens with two attached hydrogens (primary N) is 1. The molecule has 1 aromatic rings. The fourth-order valence-electron chi connectivity index (χ4n) is 2.97. The molecule has 20 heavy (non-hydrogen) atoms. The molecule has 0 aromatic heterocycles. The Labute approximate surface area is 134 Å². The number of ether oxygens (including phenoxy) is 1. The molecule has 0 aliphatic carbocycles. The summed E-state index contributed by atoms with van der Waals surface area (Å²) in [5.74, 6) is 0.610. The summed E-state index contributed by atoms with van der Waals surface area (Å²) in [6.07, 6.45) is 2.45. The summed E-state index contributed by atoms with van der Waals surface area (Å²) in [5, 5.41) is 0.737. The van der Waals surface area contributed by atoms with E-state index in [9.17, 15) is 0 Å². The Bertz CT molecular complexity index is 442. The van der Waals surface area contributed by atoms with E-state index in [1.165, 1.54) is 18.4 Å². The molecule has 0 spiro atoms. The topological polar surface area (TPSA) is 38.5 Å². The van der Waals surface area contributed by atoms with Gasteiger partial charge in [-0.05, 0) is 58.9 Å². The Balaban J connectivity index is 2.12. The molecule has 0 radical (unpaired) electrons. The van der Waals surface area contributed by atoms with Crippen molar-refractivity contribution in [3.8, 4) is 0 Å². The molecule has 2 rings (SSSR count). The van der Waals surface area contributed by atoms with E-state index in [1.807, 2.05) is 6.07 Å². The lowest BCUT2D eigenvalue weighted by Crippen LogP contribution is -2.42. The molecular weight excluding hydrogens is 340 g/mol. The molecule has 0 saturated carbocycles. The molecule has 1 aliphatic heterocycles. The lowest BCUT2D eigenvalue weighted by molar-refractivity contribution is 0.0697. The van der Waals surface area contributed by atoms with Gasteiger partial charge in [0.25, 0.3) is 0 Å². The highest BCUT2D eigenvalue weighted by Gasteiger charge is 2.26. The van der Waals surface area contributed by atoms with Crippen molar-refractivity contribution in [2.75, 3.05) is 33.4 Å². The van der Waals surface area contributed by atoms with Crippen molar-refractivity contribution in [3.05, 3.63) is 33.3 Å². The number of rotatable bonds is 5. The molecule has 1 saturated heterocycles. The first-order valence-corrected chi connectivity index (χ1v) is 8.20. The van der Waals surface area contributed by atoms with E-state index in [-0.39, 0.29) is 6.04 Å². The molecule has 5 heteroatoms. The van der Waals surface area contributed by atoms with E-state index < -0.39 is 0 Å². The van der Waals surface area contributed by atoms with E-state index in [0.29, 0.717) is 12.5 Å². The highest BCUT2D eigenvalue weighted by Crippen LogP contribution is 2.30. The highest BCUT2D eigenvalue weighted by atomic mass is 79.9. The molecule has 2 unspecified atom stereocenters. The molecule has 2 atom stereocenters. The van der Waals surface area contributed by atoms with Gasteiger partial charge in [0.15, 0.2) is 0 Å². The van der Waals surface area contributed by atoms with Gasteiger partial charge in [0, 0.05) is 30.7 Å². The molecule has 1 fully saturated rings. The van der Waals surface area contributed by atoms with Gasteiger partial charge in [-0.1, -0.05) is 17.7 Å². The molecule has 0 amide bonds. The first-order chi connectivity index (χ1) is 9.65. The molecule has 112 valence electrons. The normalized spacial score (nSPS) is 21.9. The van der Waals surface area contributed by atoms with E-state index in [2.05, 4.69) is 33.0 Å². The number of likely N-dealkylation sites (tertiary alicyclic amines) is 1. The molecule has 2 N–H and O–H groups in total. The minimum absolute atomic E-state index is 0.253. The standard InChI is InChI=1S/C15H22BrClN2O/c1-20-10-11-3-2-6-19(9-11)15(8-18)12-4-5-14(17)13(16)7-12/h4-5,7,11,15H,2-3,6,8-10,18H2,1H3. The van der Waals surface area contributed by atoms with Crippen LogP contribution >= 0.6 is 27.5 Å². The number of methoxy groups -OCH3 is 1. The lowest BCUT2D eigenvalue weighted by atomic mass is 9.95. The second-order valence-corrected chi connectivity index (χ2v) is 6.65. The Morgan fingerprint density at radius 2 is 2.35 bits per heavy atom. The molecule has 1 aliphatic rings. The van der Waals surface area contributed by atoms with Crippen LogP contribution in [0.15, 0.2) is 22.7 Å². The monoisotopic (exact) mass is 360 g/mol. The molecule has 3 nitrogen and oxygen atoms in total. The SMILES string of the molecule is COCC1CCCN(C(CN)c2ccc(Cl)c(Br)c2)C1. The molecule has 1 heterocycles. The quantitative estimate of drug-likeness (QED) is 0.873. The summed E-state index contributed by atoms with van der Waals surface area (Å²) in [6, 6.07) is 6.34. The summed E-state index contributed by atoms with van der Waals surface area (Å²) < 4.78 is 6.23. The number of hydrogen-bond acceptors (Lipinski definition) is 3. The van der Waals surface area contributed by atoms with Gasteiger partial charge in [-0.15, -0.1) is 0 Å². The van der Waals surface area contributed by atoms with Crippen LogP contribution in [-0.4, -0.2) is 38.3 Å². The van der Waals surface area contributed by atoms with Crippen molar-refractivity contribution in [1.29, 1.82) is 0 Å². The largest absolute Gasteiger partial charge is 0.384 e. The predicted molar refractivity (Wildman–Crippen MR) is 87.1 cm³/mol. The van der Waals surface area contributed by atoms with Gasteiger partial charge in [-0.25, -0.2) is 0 Å². The zero-order valence-corrected chi connectivity index (χ0v) is 14.2. The van der Waals surface area contributed by atoms with Crippen LogP contribution in [-0.2, 0) is 4.74 Å². The van der Waals surface area contributed by atoms with Crippen LogP contribution in [0.3, 0.4) is 0 Å². The third-order valence-corrected chi connectivity index (χ3v) is 5.16. The fraction of sp³-hybridized carbons (Fsp3) is 0.600. The summed E-state index contributed by atoms with van der Waals surface area (Å²) in [6.45, 7) is 3.60. The Hall–Kier alpha value is -0.130. The summed E-state index contributed by atoms with van der Waals surface area (Å²) in [7, 11) is 1.77. The second-order valence-electron chi connectivity index (χ2n) is 5.38. The summed E-state index contributed by atoms with van der Waals surface area (Å²) in [5.41, 5.74) is 7.25. The Morgan fingerprint density at radius 3 is 3.00 bits per heavy atom. The minimum Gasteiger partial charge on any atom is -0.384 e. The number of piperidine rings is 1. The van der Waals surface area contributed by atoms with E-state index in [1.54, 1.807) is 7.11 Å².